The van der Waals surface area contributed by atoms with E-state index in [4.69, 9.17) is 5.73 Å². The number of nitrogens with two attached hydrogens (primary N) is 1. The van der Waals surface area contributed by atoms with Crippen molar-refractivity contribution >= 4 is 38.5 Å². The van der Waals surface area contributed by atoms with Crippen LogP contribution in [0.1, 0.15) is 50.6 Å². The molecule has 0 radical (unpaired) electrons. The van der Waals surface area contributed by atoms with Crippen molar-refractivity contribution in [1.82, 2.24) is 0 Å². The van der Waals surface area contributed by atoms with Gasteiger partial charge in [-0.15, -0.1) is 0 Å². The van der Waals surface area contributed by atoms with Gasteiger partial charge in [-0.1, -0.05) is 42.1 Å². The second-order valence-electron chi connectivity index (χ2n) is 5.39. The van der Waals surface area contributed by atoms with Crippen molar-refractivity contribution < 1.29 is 0 Å². The molecule has 0 spiro atoms. The Bertz CT molecular complexity index is 407. The maximum Gasteiger partial charge on any atom is 0.0334 e. The standard InChI is InChI=1S/C15H21BrIN/c1-2-10-4-3-5-11(8-10)15(18)13-9-12(16)6-7-14(13)17/h6-7,9-11,15H,2-5,8,18H2,1H3. The highest BCUT2D eigenvalue weighted by Gasteiger charge is 2.27. The molecule has 1 nitrogen and oxygen atoms in total. The van der Waals surface area contributed by atoms with Gasteiger partial charge in [0, 0.05) is 14.1 Å². The van der Waals surface area contributed by atoms with Gasteiger partial charge in [-0.3, -0.25) is 0 Å². The molecule has 1 aromatic carbocycles. The Hall–Kier alpha value is 0.390. The molecule has 2 rings (SSSR count). The normalized spacial score (nSPS) is 26.0. The summed E-state index contributed by atoms with van der Waals surface area (Å²) in [6, 6.07) is 6.64. The summed E-state index contributed by atoms with van der Waals surface area (Å²) in [7, 11) is 0. The van der Waals surface area contributed by atoms with Gasteiger partial charge in [-0.25, -0.2) is 0 Å². The van der Waals surface area contributed by atoms with Gasteiger partial charge in [0.1, 0.15) is 0 Å². The molecule has 3 unspecified atom stereocenters. The van der Waals surface area contributed by atoms with Crippen molar-refractivity contribution in [3.05, 3.63) is 31.8 Å². The Labute approximate surface area is 132 Å². The fraction of sp³-hybridized carbons (Fsp3) is 0.600. The first-order chi connectivity index (χ1) is 8.61. The van der Waals surface area contributed by atoms with Crippen LogP contribution in [0.2, 0.25) is 0 Å². The topological polar surface area (TPSA) is 26.0 Å². The molecule has 1 fully saturated rings. The van der Waals surface area contributed by atoms with Crippen molar-refractivity contribution in [3.8, 4) is 0 Å². The third-order valence-electron chi connectivity index (χ3n) is 4.23. The molecular weight excluding hydrogens is 401 g/mol. The predicted molar refractivity (Wildman–Crippen MR) is 89.5 cm³/mol. The first kappa shape index (κ1) is 14.8. The van der Waals surface area contributed by atoms with Crippen LogP contribution in [0.25, 0.3) is 0 Å². The third kappa shape index (κ3) is 3.48. The SMILES string of the molecule is CCC1CCCC(C(N)c2cc(Br)ccc2I)C1. The zero-order chi connectivity index (χ0) is 13.1. The van der Waals surface area contributed by atoms with E-state index in [1.165, 1.54) is 41.2 Å². The summed E-state index contributed by atoms with van der Waals surface area (Å²) in [4.78, 5) is 0. The van der Waals surface area contributed by atoms with Gasteiger partial charge in [0.15, 0.2) is 0 Å². The molecule has 2 N–H and O–H groups in total. The maximum atomic E-state index is 6.53. The van der Waals surface area contributed by atoms with Gasteiger partial charge in [-0.2, -0.15) is 0 Å². The molecule has 0 amide bonds. The first-order valence-electron chi connectivity index (χ1n) is 6.82. The largest absolute Gasteiger partial charge is 0.324 e. The summed E-state index contributed by atoms with van der Waals surface area (Å²) in [5.41, 5.74) is 7.84. The molecule has 0 aliphatic heterocycles. The molecule has 0 aromatic heterocycles. The minimum absolute atomic E-state index is 0.198. The zero-order valence-corrected chi connectivity index (χ0v) is 14.6. The van der Waals surface area contributed by atoms with E-state index >= 15 is 0 Å². The summed E-state index contributed by atoms with van der Waals surface area (Å²) in [6.07, 6.45) is 6.65. The summed E-state index contributed by atoms with van der Waals surface area (Å²) in [5, 5.41) is 0. The molecule has 1 saturated carbocycles. The van der Waals surface area contributed by atoms with Crippen LogP contribution < -0.4 is 5.73 Å². The molecule has 0 bridgehead atoms. The third-order valence-corrected chi connectivity index (χ3v) is 5.70. The Morgan fingerprint density at radius 2 is 2.22 bits per heavy atom. The summed E-state index contributed by atoms with van der Waals surface area (Å²) in [5.74, 6) is 1.55. The smallest absolute Gasteiger partial charge is 0.0334 e. The van der Waals surface area contributed by atoms with Gasteiger partial charge in [0.25, 0.3) is 0 Å². The second kappa shape index (κ2) is 6.71. The number of hydrogen-bond donors (Lipinski definition) is 1. The number of halogens is 2. The van der Waals surface area contributed by atoms with Crippen molar-refractivity contribution in [2.75, 3.05) is 0 Å². The van der Waals surface area contributed by atoms with E-state index in [2.05, 4.69) is 63.6 Å². The molecular formula is C15H21BrIN. The van der Waals surface area contributed by atoms with Crippen LogP contribution in [0.5, 0.6) is 0 Å². The summed E-state index contributed by atoms with van der Waals surface area (Å²) in [6.45, 7) is 2.31. The van der Waals surface area contributed by atoms with Crippen molar-refractivity contribution in [1.29, 1.82) is 0 Å². The van der Waals surface area contributed by atoms with Crippen molar-refractivity contribution in [2.24, 2.45) is 17.6 Å². The number of hydrogen-bond acceptors (Lipinski definition) is 1. The molecule has 3 heteroatoms. The lowest BCUT2D eigenvalue weighted by molar-refractivity contribution is 0.230. The van der Waals surface area contributed by atoms with Gasteiger partial charge in [0.2, 0.25) is 0 Å². The molecule has 0 heterocycles. The Balaban J connectivity index is 2.14. The molecule has 0 saturated heterocycles. The van der Waals surface area contributed by atoms with Crippen LogP contribution in [0.4, 0.5) is 0 Å². The van der Waals surface area contributed by atoms with Gasteiger partial charge < -0.3 is 5.73 Å². The van der Waals surface area contributed by atoms with Crippen LogP contribution in [0, 0.1) is 15.4 Å². The molecule has 1 aliphatic rings. The van der Waals surface area contributed by atoms with E-state index in [1.54, 1.807) is 0 Å². The lowest BCUT2D eigenvalue weighted by Crippen LogP contribution is -2.27. The van der Waals surface area contributed by atoms with Gasteiger partial charge >= 0.3 is 0 Å². The molecule has 1 aromatic rings. The van der Waals surface area contributed by atoms with E-state index in [0.717, 1.165) is 10.4 Å². The quantitative estimate of drug-likeness (QED) is 0.661. The lowest BCUT2D eigenvalue weighted by atomic mass is 9.75. The maximum absolute atomic E-state index is 6.53. The van der Waals surface area contributed by atoms with Gasteiger partial charge in [-0.05, 0) is 71.0 Å². The van der Waals surface area contributed by atoms with Gasteiger partial charge in [0.05, 0.1) is 0 Å². The average molecular weight is 422 g/mol. The summed E-state index contributed by atoms with van der Waals surface area (Å²) >= 11 is 5.96. The van der Waals surface area contributed by atoms with Crippen LogP contribution in [-0.4, -0.2) is 0 Å². The molecule has 1 aliphatic carbocycles. The highest BCUT2D eigenvalue weighted by Crippen LogP contribution is 2.38. The average Bonchev–Trinajstić information content (AvgIpc) is 2.41. The van der Waals surface area contributed by atoms with Crippen LogP contribution in [0.15, 0.2) is 22.7 Å². The minimum Gasteiger partial charge on any atom is -0.324 e. The van der Waals surface area contributed by atoms with Crippen LogP contribution in [-0.2, 0) is 0 Å². The Morgan fingerprint density at radius 3 is 2.94 bits per heavy atom. The fourth-order valence-electron chi connectivity index (χ4n) is 3.05. The summed E-state index contributed by atoms with van der Waals surface area (Å²) < 4.78 is 2.43. The van der Waals surface area contributed by atoms with E-state index in [0.29, 0.717) is 5.92 Å². The second-order valence-corrected chi connectivity index (χ2v) is 7.47. The highest BCUT2D eigenvalue weighted by molar-refractivity contribution is 14.1. The predicted octanol–water partition coefficient (Wildman–Crippen LogP) is 5.27. The minimum atomic E-state index is 0.198. The van der Waals surface area contributed by atoms with E-state index < -0.39 is 0 Å². The van der Waals surface area contributed by atoms with Crippen LogP contribution >= 0.6 is 38.5 Å². The number of rotatable bonds is 3. The van der Waals surface area contributed by atoms with E-state index in [-0.39, 0.29) is 6.04 Å². The highest BCUT2D eigenvalue weighted by atomic mass is 127. The first-order valence-corrected chi connectivity index (χ1v) is 8.69. The number of benzene rings is 1. The lowest BCUT2D eigenvalue weighted by Gasteiger charge is -2.33. The van der Waals surface area contributed by atoms with Crippen LogP contribution in [0.3, 0.4) is 0 Å². The van der Waals surface area contributed by atoms with E-state index in [9.17, 15) is 0 Å². The monoisotopic (exact) mass is 421 g/mol. The van der Waals surface area contributed by atoms with Crippen molar-refractivity contribution in [3.63, 3.8) is 0 Å². The Kier molecular flexibility index (Phi) is 5.51. The van der Waals surface area contributed by atoms with Crippen molar-refractivity contribution in [2.45, 2.75) is 45.1 Å². The molecule has 3 atom stereocenters. The molecule has 18 heavy (non-hydrogen) atoms. The molecule has 100 valence electrons. The Morgan fingerprint density at radius 1 is 1.44 bits per heavy atom. The zero-order valence-electron chi connectivity index (χ0n) is 10.8. The fourth-order valence-corrected chi connectivity index (χ4v) is 4.13. The van der Waals surface area contributed by atoms with E-state index in [1.807, 2.05) is 0 Å².